The van der Waals surface area contributed by atoms with E-state index in [1.165, 1.54) is 11.3 Å². The van der Waals surface area contributed by atoms with Crippen molar-refractivity contribution in [3.63, 3.8) is 0 Å². The number of hydrogen-bond donors (Lipinski definition) is 1. The molecule has 90 valence electrons. The number of aliphatic hydroxyl groups excluding tert-OH is 1. The molecule has 0 spiro atoms. The topological polar surface area (TPSA) is 20.2 Å². The lowest BCUT2D eigenvalue weighted by Crippen LogP contribution is -1.99. The van der Waals surface area contributed by atoms with Gasteiger partial charge in [-0.3, -0.25) is 0 Å². The van der Waals surface area contributed by atoms with Crippen molar-refractivity contribution in [3.05, 3.63) is 54.6 Å². The van der Waals surface area contributed by atoms with Crippen molar-refractivity contribution >= 4 is 50.5 Å². The van der Waals surface area contributed by atoms with Gasteiger partial charge in [0, 0.05) is 16.3 Å². The zero-order chi connectivity index (χ0) is 12.4. The second kappa shape index (κ2) is 5.72. The maximum absolute atomic E-state index is 10.1. The van der Waals surface area contributed by atoms with Gasteiger partial charge in [0.1, 0.15) is 0 Å². The van der Waals surface area contributed by atoms with Crippen LogP contribution in [-0.2, 0) is 6.42 Å². The number of aliphatic hydroxyl groups is 1. The maximum atomic E-state index is 10.1. The average Bonchev–Trinajstić information content (AvgIpc) is 2.59. The second-order valence-corrected chi connectivity index (χ2v) is 6.87. The zero-order valence-corrected chi connectivity index (χ0v) is 12.6. The Morgan fingerprint density at radius 2 is 2.06 bits per heavy atom. The molecule has 0 saturated carbocycles. The number of thiophene rings is 1. The minimum Gasteiger partial charge on any atom is -0.387 e. The SMILES string of the molecule is OC(Cc1cccc(Cl)c1)c1cc(Cl)c(Br)s1. The summed E-state index contributed by atoms with van der Waals surface area (Å²) in [6.45, 7) is 0. The number of hydrogen-bond acceptors (Lipinski definition) is 2. The minimum absolute atomic E-state index is 0.532. The summed E-state index contributed by atoms with van der Waals surface area (Å²) in [5.41, 5.74) is 1.01. The Morgan fingerprint density at radius 3 is 2.65 bits per heavy atom. The Labute approximate surface area is 122 Å². The van der Waals surface area contributed by atoms with Crippen LogP contribution in [0.25, 0.3) is 0 Å². The third-order valence-corrected chi connectivity index (χ3v) is 5.12. The van der Waals surface area contributed by atoms with E-state index in [0.717, 1.165) is 14.2 Å². The van der Waals surface area contributed by atoms with Crippen molar-refractivity contribution in [1.82, 2.24) is 0 Å². The largest absolute Gasteiger partial charge is 0.387 e. The zero-order valence-electron chi connectivity index (χ0n) is 8.66. The number of rotatable bonds is 3. The fourth-order valence-electron chi connectivity index (χ4n) is 1.52. The molecule has 2 rings (SSSR count). The van der Waals surface area contributed by atoms with Gasteiger partial charge in [-0.1, -0.05) is 35.3 Å². The first-order valence-electron chi connectivity index (χ1n) is 4.93. The molecule has 0 radical (unpaired) electrons. The molecular weight excluding hydrogens is 343 g/mol. The molecule has 1 atom stereocenters. The van der Waals surface area contributed by atoms with Crippen LogP contribution >= 0.6 is 50.5 Å². The fraction of sp³-hybridized carbons (Fsp3) is 0.167. The molecule has 1 aromatic heterocycles. The smallest absolute Gasteiger partial charge is 0.0923 e. The summed E-state index contributed by atoms with van der Waals surface area (Å²) in [5.74, 6) is 0. The Hall–Kier alpha value is -0.0600. The van der Waals surface area contributed by atoms with E-state index in [-0.39, 0.29) is 0 Å². The van der Waals surface area contributed by atoms with E-state index < -0.39 is 6.10 Å². The lowest BCUT2D eigenvalue weighted by Gasteiger charge is -2.08. The summed E-state index contributed by atoms with van der Waals surface area (Å²) >= 11 is 16.6. The van der Waals surface area contributed by atoms with E-state index in [9.17, 15) is 5.11 Å². The summed E-state index contributed by atoms with van der Waals surface area (Å²) in [6.07, 6.45) is -0.0219. The highest BCUT2D eigenvalue weighted by atomic mass is 79.9. The molecule has 1 aromatic carbocycles. The summed E-state index contributed by atoms with van der Waals surface area (Å²) in [7, 11) is 0. The van der Waals surface area contributed by atoms with Crippen LogP contribution in [0.3, 0.4) is 0 Å². The van der Waals surface area contributed by atoms with Gasteiger partial charge in [0.25, 0.3) is 0 Å². The second-order valence-electron chi connectivity index (χ2n) is 3.62. The molecule has 0 amide bonds. The van der Waals surface area contributed by atoms with Crippen LogP contribution in [0, 0.1) is 0 Å². The maximum Gasteiger partial charge on any atom is 0.0923 e. The Balaban J connectivity index is 2.14. The average molecular weight is 352 g/mol. The molecule has 17 heavy (non-hydrogen) atoms. The predicted molar refractivity (Wildman–Crippen MR) is 77.1 cm³/mol. The minimum atomic E-state index is -0.553. The molecule has 1 nitrogen and oxygen atoms in total. The van der Waals surface area contributed by atoms with Gasteiger partial charge < -0.3 is 5.11 Å². The van der Waals surface area contributed by atoms with Gasteiger partial charge in [-0.25, -0.2) is 0 Å². The van der Waals surface area contributed by atoms with E-state index in [0.29, 0.717) is 16.5 Å². The first-order chi connectivity index (χ1) is 8.06. The Bertz CT molecular complexity index is 507. The van der Waals surface area contributed by atoms with Crippen LogP contribution in [-0.4, -0.2) is 5.11 Å². The van der Waals surface area contributed by atoms with Crippen molar-refractivity contribution in [1.29, 1.82) is 0 Å². The normalized spacial score (nSPS) is 12.7. The van der Waals surface area contributed by atoms with Crippen molar-refractivity contribution in [2.75, 3.05) is 0 Å². The van der Waals surface area contributed by atoms with E-state index in [2.05, 4.69) is 15.9 Å². The van der Waals surface area contributed by atoms with Crippen molar-refractivity contribution < 1.29 is 5.11 Å². The van der Waals surface area contributed by atoms with Gasteiger partial charge >= 0.3 is 0 Å². The molecule has 0 aliphatic carbocycles. The third-order valence-electron chi connectivity index (χ3n) is 2.31. The third kappa shape index (κ3) is 3.46. The molecule has 0 aliphatic rings. The van der Waals surface area contributed by atoms with Crippen molar-refractivity contribution in [3.8, 4) is 0 Å². The van der Waals surface area contributed by atoms with Crippen LogP contribution in [0.2, 0.25) is 10.0 Å². The van der Waals surface area contributed by atoms with E-state index in [1.54, 1.807) is 6.07 Å². The summed E-state index contributed by atoms with van der Waals surface area (Å²) in [4.78, 5) is 0.849. The molecule has 1 unspecified atom stereocenters. The fourth-order valence-corrected chi connectivity index (χ4v) is 3.46. The van der Waals surface area contributed by atoms with Crippen molar-refractivity contribution in [2.24, 2.45) is 0 Å². The molecule has 1 N–H and O–H groups in total. The monoisotopic (exact) mass is 350 g/mol. The highest BCUT2D eigenvalue weighted by molar-refractivity contribution is 9.11. The Kier molecular flexibility index (Phi) is 4.50. The quantitative estimate of drug-likeness (QED) is 0.816. The lowest BCUT2D eigenvalue weighted by atomic mass is 10.1. The first kappa shape index (κ1) is 13.4. The van der Waals surface area contributed by atoms with Crippen LogP contribution in [0.15, 0.2) is 34.1 Å². The van der Waals surface area contributed by atoms with Crippen LogP contribution in [0.4, 0.5) is 0 Å². The van der Waals surface area contributed by atoms with Gasteiger partial charge in [-0.05, 0) is 39.7 Å². The first-order valence-corrected chi connectivity index (χ1v) is 7.30. The lowest BCUT2D eigenvalue weighted by molar-refractivity contribution is 0.182. The molecular formula is C12H9BrCl2OS. The van der Waals surface area contributed by atoms with Gasteiger partial charge in [0.15, 0.2) is 0 Å². The van der Waals surface area contributed by atoms with Crippen molar-refractivity contribution in [2.45, 2.75) is 12.5 Å². The van der Waals surface area contributed by atoms with Gasteiger partial charge in [-0.2, -0.15) is 0 Å². The standard InChI is InChI=1S/C12H9BrCl2OS/c13-12-9(15)6-11(17-12)10(16)5-7-2-1-3-8(14)4-7/h1-4,6,10,16H,5H2. The highest BCUT2D eigenvalue weighted by Gasteiger charge is 2.13. The van der Waals surface area contributed by atoms with Crippen LogP contribution in [0.5, 0.6) is 0 Å². The molecule has 0 saturated heterocycles. The molecule has 5 heteroatoms. The van der Waals surface area contributed by atoms with Crippen LogP contribution < -0.4 is 0 Å². The Morgan fingerprint density at radius 1 is 1.29 bits per heavy atom. The van der Waals surface area contributed by atoms with Gasteiger partial charge in [0.2, 0.25) is 0 Å². The summed E-state index contributed by atoms with van der Waals surface area (Å²) in [6, 6.07) is 9.28. The molecule has 0 bridgehead atoms. The van der Waals surface area contributed by atoms with E-state index in [1.807, 2.05) is 24.3 Å². The van der Waals surface area contributed by atoms with Crippen LogP contribution in [0.1, 0.15) is 16.5 Å². The number of halogens is 3. The van der Waals surface area contributed by atoms with Gasteiger partial charge in [0.05, 0.1) is 14.9 Å². The molecule has 1 heterocycles. The molecule has 0 aliphatic heterocycles. The van der Waals surface area contributed by atoms with Gasteiger partial charge in [-0.15, -0.1) is 11.3 Å². The highest BCUT2D eigenvalue weighted by Crippen LogP contribution is 2.36. The molecule has 2 aromatic rings. The molecule has 0 fully saturated rings. The summed E-state index contributed by atoms with van der Waals surface area (Å²) in [5, 5.41) is 11.4. The van der Waals surface area contributed by atoms with E-state index in [4.69, 9.17) is 23.2 Å². The van der Waals surface area contributed by atoms with E-state index >= 15 is 0 Å². The summed E-state index contributed by atoms with van der Waals surface area (Å²) < 4.78 is 0.847. The number of benzene rings is 1. The predicted octanol–water partition coefficient (Wildman–Crippen LogP) is 5.09.